The molecular formula is C21H22BrN3O4. The van der Waals surface area contributed by atoms with Crippen LogP contribution in [0.2, 0.25) is 0 Å². The summed E-state index contributed by atoms with van der Waals surface area (Å²) in [5, 5.41) is 0. The molecular weight excluding hydrogens is 438 g/mol. The molecule has 3 rings (SSSR count). The summed E-state index contributed by atoms with van der Waals surface area (Å²) >= 11 is 3.32. The van der Waals surface area contributed by atoms with E-state index in [1.165, 1.54) is 0 Å². The maximum absolute atomic E-state index is 12.5. The van der Waals surface area contributed by atoms with Gasteiger partial charge in [0, 0.05) is 24.0 Å². The van der Waals surface area contributed by atoms with Gasteiger partial charge in [-0.25, -0.2) is 0 Å². The van der Waals surface area contributed by atoms with Crippen LogP contribution >= 0.6 is 15.9 Å². The van der Waals surface area contributed by atoms with E-state index >= 15 is 0 Å². The number of nitrogens with one attached hydrogen (secondary N) is 2. The second-order valence-electron chi connectivity index (χ2n) is 6.68. The van der Waals surface area contributed by atoms with Crippen molar-refractivity contribution in [2.24, 2.45) is 5.92 Å². The van der Waals surface area contributed by atoms with Crippen LogP contribution in [0.25, 0.3) is 0 Å². The van der Waals surface area contributed by atoms with E-state index in [4.69, 9.17) is 4.74 Å². The number of carbonyl (C=O) groups is 3. The molecule has 0 spiro atoms. The lowest BCUT2D eigenvalue weighted by Crippen LogP contribution is -2.45. The largest absolute Gasteiger partial charge is 0.493 e. The third kappa shape index (κ3) is 5.35. The highest BCUT2D eigenvalue weighted by Crippen LogP contribution is 2.23. The Morgan fingerprint density at radius 3 is 2.66 bits per heavy atom. The molecule has 2 N–H and O–H groups in total. The maximum atomic E-state index is 12.5. The third-order valence-corrected chi connectivity index (χ3v) is 5.08. The quantitative estimate of drug-likeness (QED) is 0.649. The molecule has 152 valence electrons. The van der Waals surface area contributed by atoms with Gasteiger partial charge >= 0.3 is 0 Å². The van der Waals surface area contributed by atoms with E-state index in [0.717, 1.165) is 10.0 Å². The standard InChI is InChI=1S/C21H22BrN3O4/c1-2-29-18-9-8-16(22)11-17(18)21(28)24-23-20(27)15-10-19(26)25(13-15)12-14-6-4-3-5-7-14/h3-9,11,15H,2,10,12-13H2,1H3,(H,23,27)(H,24,28). The van der Waals surface area contributed by atoms with Crippen molar-refractivity contribution in [2.45, 2.75) is 19.9 Å². The second kappa shape index (κ2) is 9.56. The molecule has 1 atom stereocenters. The van der Waals surface area contributed by atoms with E-state index < -0.39 is 17.7 Å². The fourth-order valence-corrected chi connectivity index (χ4v) is 3.51. The molecule has 2 aromatic carbocycles. The van der Waals surface area contributed by atoms with E-state index in [1.54, 1.807) is 23.1 Å². The highest BCUT2D eigenvalue weighted by molar-refractivity contribution is 9.10. The summed E-state index contributed by atoms with van der Waals surface area (Å²) in [6.07, 6.45) is 0.121. The van der Waals surface area contributed by atoms with Crippen LogP contribution in [0.4, 0.5) is 0 Å². The number of carbonyl (C=O) groups excluding carboxylic acids is 3. The predicted octanol–water partition coefficient (Wildman–Crippen LogP) is 2.66. The van der Waals surface area contributed by atoms with Gasteiger partial charge < -0.3 is 9.64 Å². The van der Waals surface area contributed by atoms with Gasteiger partial charge in [0.25, 0.3) is 5.91 Å². The Morgan fingerprint density at radius 2 is 1.93 bits per heavy atom. The van der Waals surface area contributed by atoms with E-state index in [1.807, 2.05) is 37.3 Å². The number of nitrogens with zero attached hydrogens (tertiary/aromatic N) is 1. The molecule has 0 saturated carbocycles. The van der Waals surface area contributed by atoms with Crippen molar-refractivity contribution in [1.82, 2.24) is 15.8 Å². The van der Waals surface area contributed by atoms with Gasteiger partial charge in [0.1, 0.15) is 5.75 Å². The zero-order chi connectivity index (χ0) is 20.8. The lowest BCUT2D eigenvalue weighted by atomic mass is 10.1. The zero-order valence-corrected chi connectivity index (χ0v) is 17.6. The van der Waals surface area contributed by atoms with Crippen LogP contribution in [0, 0.1) is 5.92 Å². The molecule has 1 saturated heterocycles. The van der Waals surface area contributed by atoms with Crippen molar-refractivity contribution >= 4 is 33.7 Å². The zero-order valence-electron chi connectivity index (χ0n) is 16.0. The first-order chi connectivity index (χ1) is 14.0. The maximum Gasteiger partial charge on any atom is 0.273 e. The van der Waals surface area contributed by atoms with Crippen molar-refractivity contribution < 1.29 is 19.1 Å². The molecule has 1 aliphatic rings. The number of benzene rings is 2. The van der Waals surface area contributed by atoms with Crippen LogP contribution in [0.3, 0.4) is 0 Å². The van der Waals surface area contributed by atoms with Gasteiger partial charge in [0.05, 0.1) is 18.1 Å². The number of rotatable bonds is 6. The summed E-state index contributed by atoms with van der Waals surface area (Å²) in [6, 6.07) is 14.7. The molecule has 8 heteroatoms. The van der Waals surface area contributed by atoms with Gasteiger partial charge in [-0.15, -0.1) is 0 Å². The van der Waals surface area contributed by atoms with Crippen LogP contribution in [0.15, 0.2) is 53.0 Å². The molecule has 2 aromatic rings. The van der Waals surface area contributed by atoms with Crippen molar-refractivity contribution in [1.29, 1.82) is 0 Å². The molecule has 1 aliphatic heterocycles. The summed E-state index contributed by atoms with van der Waals surface area (Å²) in [7, 11) is 0. The average molecular weight is 460 g/mol. The van der Waals surface area contributed by atoms with E-state index in [-0.39, 0.29) is 12.3 Å². The molecule has 7 nitrogen and oxygen atoms in total. The number of halogens is 1. The Hall–Kier alpha value is -2.87. The SMILES string of the molecule is CCOc1ccc(Br)cc1C(=O)NNC(=O)C1CC(=O)N(Cc2ccccc2)C1. The predicted molar refractivity (Wildman–Crippen MR) is 111 cm³/mol. The molecule has 3 amide bonds. The van der Waals surface area contributed by atoms with Crippen molar-refractivity contribution in [3.05, 3.63) is 64.1 Å². The van der Waals surface area contributed by atoms with Crippen LogP contribution in [0.5, 0.6) is 5.75 Å². The summed E-state index contributed by atoms with van der Waals surface area (Å²) in [6.45, 7) is 3.02. The van der Waals surface area contributed by atoms with Crippen molar-refractivity contribution in [3.8, 4) is 5.75 Å². The molecule has 0 aliphatic carbocycles. The third-order valence-electron chi connectivity index (χ3n) is 4.59. The smallest absolute Gasteiger partial charge is 0.273 e. The first-order valence-corrected chi connectivity index (χ1v) is 10.1. The number of amides is 3. The molecule has 0 aromatic heterocycles. The average Bonchev–Trinajstić information content (AvgIpc) is 3.08. The molecule has 0 radical (unpaired) electrons. The summed E-state index contributed by atoms with van der Waals surface area (Å²) in [5.41, 5.74) is 6.15. The highest BCUT2D eigenvalue weighted by atomic mass is 79.9. The molecule has 1 heterocycles. The Bertz CT molecular complexity index is 904. The van der Waals surface area contributed by atoms with Gasteiger partial charge in [0.2, 0.25) is 11.8 Å². The second-order valence-corrected chi connectivity index (χ2v) is 7.59. The van der Waals surface area contributed by atoms with Crippen molar-refractivity contribution in [2.75, 3.05) is 13.2 Å². The van der Waals surface area contributed by atoms with Crippen LogP contribution in [0.1, 0.15) is 29.3 Å². The van der Waals surface area contributed by atoms with Gasteiger partial charge in [-0.05, 0) is 30.7 Å². The number of likely N-dealkylation sites (tertiary alicyclic amines) is 1. The minimum absolute atomic E-state index is 0.0778. The first-order valence-electron chi connectivity index (χ1n) is 9.32. The minimum Gasteiger partial charge on any atom is -0.493 e. The number of hydrogen-bond donors (Lipinski definition) is 2. The van der Waals surface area contributed by atoms with E-state index in [2.05, 4.69) is 26.8 Å². The Morgan fingerprint density at radius 1 is 1.17 bits per heavy atom. The molecule has 29 heavy (non-hydrogen) atoms. The van der Waals surface area contributed by atoms with Crippen LogP contribution in [-0.2, 0) is 16.1 Å². The minimum atomic E-state index is -0.514. The fourth-order valence-electron chi connectivity index (χ4n) is 3.15. The molecule has 1 unspecified atom stereocenters. The number of hydrogen-bond acceptors (Lipinski definition) is 4. The molecule has 1 fully saturated rings. The summed E-state index contributed by atoms with van der Waals surface area (Å²) < 4.78 is 6.18. The van der Waals surface area contributed by atoms with Crippen LogP contribution in [-0.4, -0.2) is 35.8 Å². The van der Waals surface area contributed by atoms with Gasteiger partial charge in [-0.1, -0.05) is 46.3 Å². The monoisotopic (exact) mass is 459 g/mol. The Balaban J connectivity index is 1.56. The lowest BCUT2D eigenvalue weighted by molar-refractivity contribution is -0.129. The van der Waals surface area contributed by atoms with E-state index in [0.29, 0.717) is 31.0 Å². The first kappa shape index (κ1) is 20.9. The topological polar surface area (TPSA) is 87.7 Å². The van der Waals surface area contributed by atoms with Gasteiger partial charge in [-0.2, -0.15) is 0 Å². The summed E-state index contributed by atoms with van der Waals surface area (Å²) in [5.74, 6) is -1.05. The Kier molecular flexibility index (Phi) is 6.87. The lowest BCUT2D eigenvalue weighted by Gasteiger charge is -2.17. The number of hydrazine groups is 1. The van der Waals surface area contributed by atoms with E-state index in [9.17, 15) is 14.4 Å². The molecule has 0 bridgehead atoms. The van der Waals surface area contributed by atoms with Gasteiger partial charge in [-0.3, -0.25) is 25.2 Å². The summed E-state index contributed by atoms with van der Waals surface area (Å²) in [4.78, 5) is 38.8. The van der Waals surface area contributed by atoms with Crippen LogP contribution < -0.4 is 15.6 Å². The van der Waals surface area contributed by atoms with Gasteiger partial charge in [0.15, 0.2) is 0 Å². The number of ether oxygens (including phenoxy) is 1. The fraction of sp³-hybridized carbons (Fsp3) is 0.286. The van der Waals surface area contributed by atoms with Crippen molar-refractivity contribution in [3.63, 3.8) is 0 Å². The normalized spacial score (nSPS) is 15.9. The highest BCUT2D eigenvalue weighted by Gasteiger charge is 2.34. The Labute approximate surface area is 177 Å².